The highest BCUT2D eigenvalue weighted by Crippen LogP contribution is 2.37. The number of rotatable bonds is 4. The van der Waals surface area contributed by atoms with E-state index in [1.54, 1.807) is 36.4 Å². The molecule has 0 bridgehead atoms. The zero-order chi connectivity index (χ0) is 35.2. The Balaban J connectivity index is 0.000000157. The van der Waals surface area contributed by atoms with E-state index < -0.39 is 7.12 Å². The van der Waals surface area contributed by atoms with Crippen molar-refractivity contribution in [3.05, 3.63) is 149 Å². The third kappa shape index (κ3) is 7.58. The topological polar surface area (TPSA) is 119 Å². The molecule has 0 radical (unpaired) electrons. The third-order valence-electron chi connectivity index (χ3n) is 8.02. The number of halogens is 1. The number of fused-ring (bicyclic) bond motifs is 6. The van der Waals surface area contributed by atoms with E-state index in [9.17, 15) is 19.6 Å². The van der Waals surface area contributed by atoms with Crippen LogP contribution in [-0.2, 0) is 9.47 Å². The Kier molecular flexibility index (Phi) is 11.7. The van der Waals surface area contributed by atoms with Gasteiger partial charge in [-0.15, -0.1) is 0 Å². The number of ether oxygens (including phenoxy) is 2. The van der Waals surface area contributed by atoms with Crippen molar-refractivity contribution < 1.29 is 37.9 Å². The summed E-state index contributed by atoms with van der Waals surface area (Å²) >= 11 is 3.24. The number of methoxy groups -OCH3 is 2. The number of esters is 2. The fraction of sp³-hybridized carbons (Fsp3) is 0.0732. The summed E-state index contributed by atoms with van der Waals surface area (Å²) in [5, 5.41) is 22.5. The summed E-state index contributed by atoms with van der Waals surface area (Å²) in [6, 6.07) is 41.4. The van der Waals surface area contributed by atoms with Gasteiger partial charge in [0.2, 0.25) is 0 Å². The van der Waals surface area contributed by atoms with Gasteiger partial charge < -0.3 is 28.4 Å². The van der Waals surface area contributed by atoms with Crippen LogP contribution in [0.3, 0.4) is 0 Å². The second kappa shape index (κ2) is 16.4. The van der Waals surface area contributed by atoms with Crippen LogP contribution >= 0.6 is 15.9 Å². The Morgan fingerprint density at radius 3 is 1.61 bits per heavy atom. The lowest BCUT2D eigenvalue weighted by Crippen LogP contribution is -2.29. The van der Waals surface area contributed by atoms with Crippen LogP contribution in [0.1, 0.15) is 28.1 Å². The molecule has 8 rings (SSSR count). The summed E-state index contributed by atoms with van der Waals surface area (Å²) < 4.78 is 21.9. The lowest BCUT2D eigenvalue weighted by molar-refractivity contribution is 0.0591. The molecule has 0 aliphatic carbocycles. The average molecular weight is 745 g/mol. The van der Waals surface area contributed by atoms with Gasteiger partial charge in [0, 0.05) is 37.0 Å². The highest BCUT2D eigenvalue weighted by atomic mass is 79.9. The predicted molar refractivity (Wildman–Crippen MR) is 206 cm³/mol. The molecule has 8 nitrogen and oxygen atoms in total. The van der Waals surface area contributed by atoms with Gasteiger partial charge in [0.15, 0.2) is 0 Å². The minimum Gasteiger partial charge on any atom is -0.465 e. The van der Waals surface area contributed by atoms with Crippen molar-refractivity contribution >= 4 is 84.3 Å². The minimum absolute atomic E-state index is 0. The average Bonchev–Trinajstić information content (AvgIpc) is 3.73. The molecule has 0 fully saturated rings. The van der Waals surface area contributed by atoms with E-state index in [0.717, 1.165) is 53.9 Å². The van der Waals surface area contributed by atoms with Gasteiger partial charge in [-0.05, 0) is 51.8 Å². The van der Waals surface area contributed by atoms with Crippen LogP contribution in [0.25, 0.3) is 55.0 Å². The second-order valence-corrected chi connectivity index (χ2v) is 11.8. The van der Waals surface area contributed by atoms with Crippen molar-refractivity contribution in [1.82, 2.24) is 0 Å². The second-order valence-electron chi connectivity index (χ2n) is 11.0. The van der Waals surface area contributed by atoms with Crippen LogP contribution in [0.2, 0.25) is 0 Å². The summed E-state index contributed by atoms with van der Waals surface area (Å²) in [6.45, 7) is 0. The van der Waals surface area contributed by atoms with Crippen LogP contribution in [-0.4, -0.2) is 43.3 Å². The van der Waals surface area contributed by atoms with Crippen molar-refractivity contribution in [2.45, 2.75) is 7.43 Å². The molecule has 0 atom stereocenters. The molecule has 0 amide bonds. The fourth-order valence-electron chi connectivity index (χ4n) is 5.67. The molecule has 0 saturated heterocycles. The van der Waals surface area contributed by atoms with Crippen molar-refractivity contribution in [2.24, 2.45) is 0 Å². The van der Waals surface area contributed by atoms with Gasteiger partial charge in [-0.3, -0.25) is 0 Å². The lowest BCUT2D eigenvalue weighted by Gasteiger charge is -2.08. The number of para-hydroxylation sites is 4. The number of hydrogen-bond acceptors (Lipinski definition) is 8. The van der Waals surface area contributed by atoms with Gasteiger partial charge in [-0.2, -0.15) is 0 Å². The highest BCUT2D eigenvalue weighted by Gasteiger charge is 2.19. The van der Waals surface area contributed by atoms with Gasteiger partial charge in [0.05, 0.1) is 25.3 Å². The van der Waals surface area contributed by atoms with Crippen molar-refractivity contribution in [3.8, 4) is 11.1 Å². The maximum absolute atomic E-state index is 12.1. The number of furan rings is 2. The van der Waals surface area contributed by atoms with Gasteiger partial charge in [-0.25, -0.2) is 9.59 Å². The number of hydrogen-bond donors (Lipinski definition) is 2. The lowest BCUT2D eigenvalue weighted by atomic mass is 9.79. The molecule has 0 aliphatic rings. The Labute approximate surface area is 303 Å². The molecular weight excluding hydrogens is 711 g/mol. The first-order valence-corrected chi connectivity index (χ1v) is 16.3. The van der Waals surface area contributed by atoms with Crippen LogP contribution in [0, 0.1) is 0 Å². The standard InChI is InChI=1S/C20H14O3.C12H9BO3.C8H7BrO2.CH4/c1-22-20(21)17-9-3-2-7-13(17)15-10-6-11-16-14-8-4-5-12-18(14)23-19(15)16;14-13(15)10-6-3-5-9-8-4-1-2-7-11(8)16-12(9)10;1-11-8(10)6-4-2-3-5-7(6)9;/h2-12H,1H3;1-7,14-15H;2-5H,1H3;1H4. The Bertz CT molecular complexity index is 2460. The molecule has 0 saturated carbocycles. The molecule has 2 N–H and O–H groups in total. The van der Waals surface area contributed by atoms with E-state index in [1.165, 1.54) is 14.2 Å². The molecule has 256 valence electrons. The smallest absolute Gasteiger partial charge is 0.465 e. The summed E-state index contributed by atoms with van der Waals surface area (Å²) in [5.41, 5.74) is 6.09. The summed E-state index contributed by atoms with van der Waals surface area (Å²) in [6.07, 6.45) is 0. The minimum atomic E-state index is -1.51. The highest BCUT2D eigenvalue weighted by molar-refractivity contribution is 9.10. The van der Waals surface area contributed by atoms with Gasteiger partial charge in [0.25, 0.3) is 0 Å². The zero-order valence-corrected chi connectivity index (χ0v) is 28.6. The molecule has 0 spiro atoms. The first-order valence-electron chi connectivity index (χ1n) is 15.5. The number of carbonyl (C=O) groups is 2. The molecule has 0 unspecified atom stereocenters. The van der Waals surface area contributed by atoms with Crippen LogP contribution < -0.4 is 5.46 Å². The number of carbonyl (C=O) groups excluding carboxylic acids is 2. The summed E-state index contributed by atoms with van der Waals surface area (Å²) in [5.74, 6) is -0.675. The first-order chi connectivity index (χ1) is 24.3. The monoisotopic (exact) mass is 744 g/mol. The maximum Gasteiger partial charge on any atom is 0.492 e. The first kappa shape index (κ1) is 36.6. The SMILES string of the molecule is C.COC(=O)c1ccccc1-c1cccc2c1oc1ccccc12.COC(=O)c1ccccc1Br.OB(O)c1cccc2c1oc1ccccc12. The summed E-state index contributed by atoms with van der Waals surface area (Å²) in [4.78, 5) is 23.0. The van der Waals surface area contributed by atoms with E-state index >= 15 is 0 Å². The van der Waals surface area contributed by atoms with Gasteiger partial charge in [0.1, 0.15) is 22.3 Å². The van der Waals surface area contributed by atoms with E-state index in [2.05, 4.69) is 20.7 Å². The molecule has 51 heavy (non-hydrogen) atoms. The molecule has 0 aliphatic heterocycles. The molecule has 10 heteroatoms. The normalized spacial score (nSPS) is 10.5. The molecule has 6 aromatic carbocycles. The van der Waals surface area contributed by atoms with Crippen molar-refractivity contribution in [1.29, 1.82) is 0 Å². The van der Waals surface area contributed by atoms with E-state index in [1.807, 2.05) is 97.1 Å². The van der Waals surface area contributed by atoms with Crippen molar-refractivity contribution in [2.75, 3.05) is 14.2 Å². The van der Waals surface area contributed by atoms with Crippen LogP contribution in [0.4, 0.5) is 0 Å². The number of benzene rings is 6. The maximum atomic E-state index is 12.1. The largest absolute Gasteiger partial charge is 0.492 e. The van der Waals surface area contributed by atoms with Crippen LogP contribution in [0.5, 0.6) is 0 Å². The van der Waals surface area contributed by atoms with Crippen molar-refractivity contribution in [3.63, 3.8) is 0 Å². The Morgan fingerprint density at radius 2 is 1.00 bits per heavy atom. The fourth-order valence-corrected chi connectivity index (χ4v) is 6.12. The van der Waals surface area contributed by atoms with E-state index in [-0.39, 0.29) is 19.4 Å². The Hall–Kier alpha value is -5.68. The Morgan fingerprint density at radius 1 is 0.549 bits per heavy atom. The molecule has 2 heterocycles. The molecule has 8 aromatic rings. The molecular formula is C41H34BBrO8. The predicted octanol–water partition coefficient (Wildman–Crippen LogP) is 9.18. The van der Waals surface area contributed by atoms with Crippen LogP contribution in [0.15, 0.2) is 147 Å². The van der Waals surface area contributed by atoms with Gasteiger partial charge in [-0.1, -0.05) is 111 Å². The van der Waals surface area contributed by atoms with E-state index in [0.29, 0.717) is 22.2 Å². The van der Waals surface area contributed by atoms with E-state index in [4.69, 9.17) is 13.6 Å². The third-order valence-corrected chi connectivity index (χ3v) is 8.71. The zero-order valence-electron chi connectivity index (χ0n) is 27.0. The summed E-state index contributed by atoms with van der Waals surface area (Å²) in [7, 11) is 1.24. The quantitative estimate of drug-likeness (QED) is 0.135. The van der Waals surface area contributed by atoms with Gasteiger partial charge >= 0.3 is 19.1 Å². The molecule has 2 aromatic heterocycles.